The van der Waals surface area contributed by atoms with Crippen LogP contribution in [0.15, 0.2) is 0 Å². The van der Waals surface area contributed by atoms with E-state index in [-0.39, 0.29) is 53.0 Å². The van der Waals surface area contributed by atoms with E-state index in [0.29, 0.717) is 78.5 Å². The number of hydrogen-bond donors (Lipinski definition) is 0. The van der Waals surface area contributed by atoms with Crippen molar-refractivity contribution in [3.05, 3.63) is 0 Å². The Morgan fingerprint density at radius 1 is 0.304 bits per heavy atom. The molecular formula is C77H162O19Si6. The van der Waals surface area contributed by atoms with Crippen molar-refractivity contribution in [2.75, 3.05) is 74.2 Å². The minimum absolute atomic E-state index is 0.115. The van der Waals surface area contributed by atoms with Crippen molar-refractivity contribution in [1.82, 2.24) is 0 Å². The Bertz CT molecular complexity index is 2340. The molecule has 5 unspecified atom stereocenters. The third-order valence-electron chi connectivity index (χ3n) is 18.4. The highest BCUT2D eigenvalue weighted by Gasteiger charge is 2.50. The molecule has 0 N–H and O–H groups in total. The maximum atomic E-state index is 13.3. The van der Waals surface area contributed by atoms with E-state index in [9.17, 15) is 24.0 Å². The van der Waals surface area contributed by atoms with E-state index in [2.05, 4.69) is 147 Å². The second-order valence-corrected chi connectivity index (χ2v) is 64.7. The zero-order valence-electron chi connectivity index (χ0n) is 72.5. The monoisotopic (exact) mass is 1560 g/mol. The average Bonchev–Trinajstić information content (AvgIpc) is 0.790. The first-order valence-corrected chi connectivity index (χ1v) is 58.4. The molecule has 0 aromatic carbocycles. The van der Waals surface area contributed by atoms with E-state index in [4.69, 9.17) is 65.4 Å². The Kier molecular flexibility index (Phi) is 49.2. The van der Waals surface area contributed by atoms with Crippen LogP contribution in [0, 0.1) is 43.3 Å². The molecular weight excluding hydrogens is 1400 g/mol. The van der Waals surface area contributed by atoms with Crippen molar-refractivity contribution in [3.63, 3.8) is 0 Å². The van der Waals surface area contributed by atoms with Gasteiger partial charge in [0.1, 0.15) is 0 Å². The molecule has 0 aliphatic rings. The average molecular weight is 1560 g/mol. The second kappa shape index (κ2) is 48.1. The van der Waals surface area contributed by atoms with Gasteiger partial charge in [0.15, 0.2) is 49.9 Å². The number of carbonyl (C=O) groups is 5. The lowest BCUT2D eigenvalue weighted by atomic mass is 9.65. The summed E-state index contributed by atoms with van der Waals surface area (Å²) < 4.78 is 47.2. The highest BCUT2D eigenvalue weighted by Crippen LogP contribution is 2.48. The molecule has 102 heavy (non-hydrogen) atoms. The molecule has 0 heterocycles. The maximum Gasteiger partial charge on any atom is 0.311 e. The molecule has 19 nitrogen and oxygen atoms in total. The first-order chi connectivity index (χ1) is 46.4. The van der Waals surface area contributed by atoms with Gasteiger partial charge >= 0.3 is 29.8 Å². The first-order valence-electron chi connectivity index (χ1n) is 38.8. The lowest BCUT2D eigenvalue weighted by Gasteiger charge is -2.41. The zero-order valence-corrected chi connectivity index (χ0v) is 78.5. The fourth-order valence-corrected chi connectivity index (χ4v) is 38.2. The van der Waals surface area contributed by atoms with Crippen LogP contribution in [0.3, 0.4) is 0 Å². The van der Waals surface area contributed by atoms with Gasteiger partial charge in [0.25, 0.3) is 0 Å². The summed E-state index contributed by atoms with van der Waals surface area (Å²) in [5, 5.41) is 0. The Hall–Kier alpha value is -1.71. The van der Waals surface area contributed by atoms with Crippen LogP contribution in [0.5, 0.6) is 0 Å². The van der Waals surface area contributed by atoms with Crippen LogP contribution in [0.2, 0.25) is 116 Å². The van der Waals surface area contributed by atoms with Gasteiger partial charge in [0.05, 0.1) is 101 Å². The van der Waals surface area contributed by atoms with Gasteiger partial charge in [0, 0.05) is 0 Å². The van der Waals surface area contributed by atoms with Gasteiger partial charge in [-0.25, -0.2) is 29.3 Å². The van der Waals surface area contributed by atoms with Gasteiger partial charge in [-0.1, -0.05) is 108 Å². The number of hydrogen-bond acceptors (Lipinski definition) is 19. The summed E-state index contributed by atoms with van der Waals surface area (Å²) in [6.45, 7) is 69.0. The van der Waals surface area contributed by atoms with E-state index in [1.54, 1.807) is 20.8 Å². The van der Waals surface area contributed by atoms with Crippen molar-refractivity contribution in [3.8, 4) is 0 Å². The largest absolute Gasteiger partial charge is 0.469 e. The fraction of sp³-hybridized carbons (Fsp3) is 0.935. The van der Waals surface area contributed by atoms with E-state index in [1.165, 1.54) is 40.6 Å². The van der Waals surface area contributed by atoms with Crippen LogP contribution in [0.25, 0.3) is 0 Å². The SMILES string of the molecule is CCC(C)(CC(C)(C)COOC)C(=O)OCCC[Si](C)(C)O[Si](C)(C)C.CCCCCCCCOC(=O)C(C)(C)CC(C)(CC(C)(CC)C(=O)OCCC[Si](C)(C)O[Si](C)(C)C)C(=O)OC.CCCCOOCC(C)(C)CC(C)(COOC)CC(C)(CC)C(=O)OCCC[Si](C)(C)O[Si](C)(C)C. The minimum atomic E-state index is -1.82. The normalized spacial score (nSPS) is 15.9. The third-order valence-corrected chi connectivity index (χ3v) is 37.1. The first kappa shape index (κ1) is 104. The zero-order chi connectivity index (χ0) is 80.0. The van der Waals surface area contributed by atoms with Crippen LogP contribution in [-0.4, -0.2) is 154 Å². The quantitative estimate of drug-likeness (QED) is 0.0138. The molecule has 0 bridgehead atoms. The minimum Gasteiger partial charge on any atom is -0.469 e. The van der Waals surface area contributed by atoms with Crippen LogP contribution in [0.1, 0.15) is 233 Å². The smallest absolute Gasteiger partial charge is 0.311 e. The molecule has 0 radical (unpaired) electrons. The molecule has 0 aliphatic heterocycles. The van der Waals surface area contributed by atoms with Gasteiger partial charge < -0.3 is 36.0 Å². The van der Waals surface area contributed by atoms with Crippen LogP contribution in [-0.2, 0) is 89.3 Å². The number of esters is 5. The van der Waals surface area contributed by atoms with Crippen molar-refractivity contribution in [1.29, 1.82) is 0 Å². The molecule has 0 fully saturated rings. The predicted octanol–water partition coefficient (Wildman–Crippen LogP) is 21.2. The second-order valence-electron chi connectivity index (χ2n) is 37.5. The number of rotatable bonds is 55. The molecule has 0 saturated heterocycles. The summed E-state index contributed by atoms with van der Waals surface area (Å²) in [6, 6.07) is 2.92. The molecule has 5 atom stereocenters. The van der Waals surface area contributed by atoms with E-state index in [0.717, 1.165) is 82.3 Å². The summed E-state index contributed by atoms with van der Waals surface area (Å²) >= 11 is 0. The molecule has 0 aliphatic carbocycles. The van der Waals surface area contributed by atoms with Crippen LogP contribution < -0.4 is 0 Å². The van der Waals surface area contributed by atoms with Crippen LogP contribution >= 0.6 is 0 Å². The molecule has 608 valence electrons. The summed E-state index contributed by atoms with van der Waals surface area (Å²) in [5.74, 6) is -1.34. The highest BCUT2D eigenvalue weighted by atomic mass is 28.4. The maximum absolute atomic E-state index is 13.3. The molecule has 0 rings (SSSR count). The standard InChI is InChI=1S/C31H62O7Si2.C27H58O7Si2.C19H42O5Si2/c1-13-15-16-17-18-19-21-36-26(32)29(3,4)24-31(6,27(33)35-7)25-30(5,14-2)28(34)37-22-20-23-40(11,12)38-39(8,9)10;1-13-15-18-31-33-22-25(3,4)20-26(5,23-32-29-7)21-27(6,14-2)24(28)30-17-16-19-36(11,12)34-35(8,9)10;1-11-19(4,15-18(2,3)16-23-21-5)17(20)22-13-12-14-26(9,10)24-25(6,7)8/h13-25H2,1-12H3;13-23H2,1-12H3;11-16H2,1-10H3. The van der Waals surface area contributed by atoms with Crippen molar-refractivity contribution in [2.24, 2.45) is 43.3 Å². The molecule has 0 saturated carbocycles. The summed E-state index contributed by atoms with van der Waals surface area (Å²) in [6.07, 6.45) is 15.6. The van der Waals surface area contributed by atoms with Crippen molar-refractivity contribution in [2.45, 2.75) is 349 Å². The predicted molar refractivity (Wildman–Crippen MR) is 432 cm³/mol. The number of methoxy groups -OCH3 is 1. The van der Waals surface area contributed by atoms with Crippen molar-refractivity contribution >= 4 is 79.8 Å². The van der Waals surface area contributed by atoms with Gasteiger partial charge in [0.2, 0.25) is 0 Å². The summed E-state index contributed by atoms with van der Waals surface area (Å²) in [5.41, 5.74) is -4.69. The number of unbranched alkanes of at least 4 members (excludes halogenated alkanes) is 6. The Morgan fingerprint density at radius 2 is 0.637 bits per heavy atom. The van der Waals surface area contributed by atoms with Gasteiger partial charge in [-0.05, 0) is 258 Å². The molecule has 0 spiro atoms. The number of carbonyl (C=O) groups excluding carboxylic acids is 5. The Balaban J connectivity index is -0.00000147. The van der Waals surface area contributed by atoms with Crippen molar-refractivity contribution < 1.29 is 89.3 Å². The summed E-state index contributed by atoms with van der Waals surface area (Å²) in [7, 11) is -5.58. The number of ether oxygens (including phenoxy) is 5. The van der Waals surface area contributed by atoms with Gasteiger partial charge in [-0.15, -0.1) is 0 Å². The topological polar surface area (TPSA) is 215 Å². The molecule has 0 aromatic heterocycles. The van der Waals surface area contributed by atoms with Crippen LogP contribution in [0.4, 0.5) is 0 Å². The van der Waals surface area contributed by atoms with Gasteiger partial charge in [-0.2, -0.15) is 0 Å². The van der Waals surface area contributed by atoms with Gasteiger partial charge in [-0.3, -0.25) is 24.0 Å². The molecule has 0 aromatic rings. The molecule has 25 heteroatoms. The van der Waals surface area contributed by atoms with E-state index in [1.807, 2.05) is 41.5 Å². The fourth-order valence-electron chi connectivity index (χ4n) is 14.1. The van der Waals surface area contributed by atoms with E-state index < -0.39 is 82.9 Å². The Morgan fingerprint density at radius 3 is 1.01 bits per heavy atom. The summed E-state index contributed by atoms with van der Waals surface area (Å²) in [4.78, 5) is 96.4. The molecule has 0 amide bonds. The van der Waals surface area contributed by atoms with E-state index >= 15 is 0 Å². The lowest BCUT2D eigenvalue weighted by Crippen LogP contribution is -2.44. The highest BCUT2D eigenvalue weighted by molar-refractivity contribution is 6.85. The third kappa shape index (κ3) is 48.6. The Labute approximate surface area is 632 Å². The lowest BCUT2D eigenvalue weighted by molar-refractivity contribution is -0.314.